The fourth-order valence-corrected chi connectivity index (χ4v) is 3.71. The van der Waals surface area contributed by atoms with Crippen LogP contribution in [0.1, 0.15) is 44.6 Å². The van der Waals surface area contributed by atoms with Gasteiger partial charge in [0.2, 0.25) is 5.91 Å². The summed E-state index contributed by atoms with van der Waals surface area (Å²) < 4.78 is 5.55. The van der Waals surface area contributed by atoms with Crippen molar-refractivity contribution in [1.29, 1.82) is 0 Å². The predicted octanol–water partition coefficient (Wildman–Crippen LogP) is 2.73. The summed E-state index contributed by atoms with van der Waals surface area (Å²) in [6, 6.07) is 6.30. The maximum Gasteiger partial charge on any atom is 0.328 e. The smallest absolute Gasteiger partial charge is 0.328 e. The van der Waals surface area contributed by atoms with Crippen molar-refractivity contribution in [3.63, 3.8) is 0 Å². The Morgan fingerprint density at radius 1 is 1.16 bits per heavy atom. The number of carbonyl (C=O) groups excluding carboxylic acids is 2. The minimum absolute atomic E-state index is 0.228. The molecule has 0 saturated carbocycles. The van der Waals surface area contributed by atoms with Gasteiger partial charge in [0.1, 0.15) is 5.75 Å². The van der Waals surface area contributed by atoms with E-state index in [1.165, 1.54) is 5.56 Å². The molecule has 25 heavy (non-hydrogen) atoms. The molecule has 1 N–H and O–H groups in total. The molecule has 6 nitrogen and oxygen atoms in total. The van der Waals surface area contributed by atoms with Crippen molar-refractivity contribution in [3.8, 4) is 5.75 Å². The molecular formula is C19H27N3O3. The van der Waals surface area contributed by atoms with Gasteiger partial charge in [-0.25, -0.2) is 4.79 Å². The van der Waals surface area contributed by atoms with Gasteiger partial charge in [-0.15, -0.1) is 0 Å². The summed E-state index contributed by atoms with van der Waals surface area (Å²) in [5.74, 6) is 0.983. The van der Waals surface area contributed by atoms with Crippen molar-refractivity contribution in [2.75, 3.05) is 31.6 Å². The van der Waals surface area contributed by atoms with Crippen LogP contribution in [0.3, 0.4) is 0 Å². The van der Waals surface area contributed by atoms with Crippen LogP contribution < -0.4 is 15.0 Å². The summed E-state index contributed by atoms with van der Waals surface area (Å²) in [4.78, 5) is 27.5. The van der Waals surface area contributed by atoms with Gasteiger partial charge < -0.3 is 9.64 Å². The lowest BCUT2D eigenvalue weighted by molar-refractivity contribution is -0.120. The summed E-state index contributed by atoms with van der Waals surface area (Å²) in [6.45, 7) is 7.10. The van der Waals surface area contributed by atoms with Crippen LogP contribution in [-0.2, 0) is 4.79 Å². The van der Waals surface area contributed by atoms with Crippen LogP contribution in [0.2, 0.25) is 0 Å². The van der Waals surface area contributed by atoms with Crippen LogP contribution in [0.15, 0.2) is 18.2 Å². The number of rotatable bonds is 4. The van der Waals surface area contributed by atoms with Gasteiger partial charge in [0.15, 0.2) is 0 Å². The quantitative estimate of drug-likeness (QED) is 0.911. The van der Waals surface area contributed by atoms with Crippen molar-refractivity contribution < 1.29 is 14.3 Å². The second kappa shape index (κ2) is 7.44. The molecule has 1 aromatic rings. The van der Waals surface area contributed by atoms with Crippen LogP contribution in [0.25, 0.3) is 0 Å². The van der Waals surface area contributed by atoms with E-state index in [0.29, 0.717) is 30.7 Å². The van der Waals surface area contributed by atoms with E-state index in [1.54, 1.807) is 12.0 Å². The Bertz CT molecular complexity index is 651. The van der Waals surface area contributed by atoms with Gasteiger partial charge in [-0.2, -0.15) is 0 Å². The van der Waals surface area contributed by atoms with Crippen LogP contribution in [0.5, 0.6) is 5.75 Å². The lowest BCUT2D eigenvalue weighted by Crippen LogP contribution is -2.49. The number of urea groups is 1. The molecule has 1 aromatic carbocycles. The molecule has 6 heteroatoms. The van der Waals surface area contributed by atoms with Crippen molar-refractivity contribution in [1.82, 2.24) is 10.2 Å². The van der Waals surface area contributed by atoms with E-state index in [2.05, 4.69) is 36.2 Å². The summed E-state index contributed by atoms with van der Waals surface area (Å²) >= 11 is 0. The normalized spacial score (nSPS) is 20.1. The highest BCUT2D eigenvalue weighted by molar-refractivity contribution is 6.06. The zero-order valence-corrected chi connectivity index (χ0v) is 15.2. The number of anilines is 1. The number of benzene rings is 1. The molecule has 136 valence electrons. The largest absolute Gasteiger partial charge is 0.495 e. The van der Waals surface area contributed by atoms with Gasteiger partial charge in [-0.3, -0.25) is 15.0 Å². The summed E-state index contributed by atoms with van der Waals surface area (Å²) in [5.41, 5.74) is 1.98. The SMILES string of the molecule is COc1cc(C2CCN(C(C)C)CC2)ccc1N1CCC(=O)NC1=O. The highest BCUT2D eigenvalue weighted by Gasteiger charge is 2.28. The van der Waals surface area contributed by atoms with Gasteiger partial charge in [0, 0.05) is 19.0 Å². The lowest BCUT2D eigenvalue weighted by Gasteiger charge is -2.35. The Morgan fingerprint density at radius 3 is 2.48 bits per heavy atom. The molecule has 2 aliphatic rings. The number of likely N-dealkylation sites (tertiary alicyclic amines) is 1. The van der Waals surface area contributed by atoms with Gasteiger partial charge in [-0.1, -0.05) is 6.07 Å². The monoisotopic (exact) mass is 345 g/mol. The first-order valence-corrected chi connectivity index (χ1v) is 9.03. The van der Waals surface area contributed by atoms with Gasteiger partial charge in [-0.05, 0) is 63.4 Å². The molecule has 0 aliphatic carbocycles. The lowest BCUT2D eigenvalue weighted by atomic mass is 9.88. The molecule has 3 amide bonds. The number of nitrogens with one attached hydrogen (secondary N) is 1. The molecule has 3 rings (SSSR count). The van der Waals surface area contributed by atoms with E-state index in [0.717, 1.165) is 31.6 Å². The second-order valence-corrected chi connectivity index (χ2v) is 7.09. The van der Waals surface area contributed by atoms with Crippen molar-refractivity contribution in [2.24, 2.45) is 0 Å². The fraction of sp³-hybridized carbons (Fsp3) is 0.579. The Morgan fingerprint density at radius 2 is 1.88 bits per heavy atom. The predicted molar refractivity (Wildman–Crippen MR) is 97.2 cm³/mol. The Hall–Kier alpha value is -2.08. The van der Waals surface area contributed by atoms with Crippen LogP contribution in [0, 0.1) is 0 Å². The van der Waals surface area contributed by atoms with Crippen LogP contribution in [-0.4, -0.2) is 49.6 Å². The average Bonchev–Trinajstić information content (AvgIpc) is 2.61. The van der Waals surface area contributed by atoms with E-state index in [1.807, 2.05) is 6.07 Å². The van der Waals surface area contributed by atoms with Gasteiger partial charge in [0.05, 0.1) is 12.8 Å². The number of carbonyl (C=O) groups is 2. The molecule has 0 bridgehead atoms. The maximum absolute atomic E-state index is 12.1. The minimum Gasteiger partial charge on any atom is -0.495 e. The molecule has 0 aromatic heterocycles. The first-order chi connectivity index (χ1) is 12.0. The average molecular weight is 345 g/mol. The zero-order chi connectivity index (χ0) is 18.0. The molecule has 0 unspecified atom stereocenters. The molecule has 0 spiro atoms. The topological polar surface area (TPSA) is 61.9 Å². The third-order valence-corrected chi connectivity index (χ3v) is 5.28. The number of amides is 3. The van der Waals surface area contributed by atoms with Crippen LogP contribution in [0.4, 0.5) is 10.5 Å². The van der Waals surface area contributed by atoms with Crippen molar-refractivity contribution >= 4 is 17.6 Å². The van der Waals surface area contributed by atoms with E-state index in [9.17, 15) is 9.59 Å². The molecule has 0 atom stereocenters. The van der Waals surface area contributed by atoms with Crippen LogP contribution >= 0.6 is 0 Å². The van der Waals surface area contributed by atoms with E-state index >= 15 is 0 Å². The summed E-state index contributed by atoms with van der Waals surface area (Å²) in [6.07, 6.45) is 2.59. The minimum atomic E-state index is -0.382. The number of nitrogens with zero attached hydrogens (tertiary/aromatic N) is 2. The zero-order valence-electron chi connectivity index (χ0n) is 15.2. The Labute approximate surface area is 149 Å². The first kappa shape index (κ1) is 17.7. The van der Waals surface area contributed by atoms with Crippen molar-refractivity contribution in [3.05, 3.63) is 23.8 Å². The van der Waals surface area contributed by atoms with Crippen molar-refractivity contribution in [2.45, 2.75) is 45.1 Å². The summed E-state index contributed by atoms with van der Waals surface area (Å²) in [5, 5.41) is 2.36. The third-order valence-electron chi connectivity index (χ3n) is 5.28. The molecule has 2 fully saturated rings. The molecule has 0 radical (unpaired) electrons. The summed E-state index contributed by atoms with van der Waals surface area (Å²) in [7, 11) is 1.62. The fourth-order valence-electron chi connectivity index (χ4n) is 3.71. The van der Waals surface area contributed by atoms with E-state index in [-0.39, 0.29) is 11.9 Å². The van der Waals surface area contributed by atoms with E-state index < -0.39 is 0 Å². The number of hydrogen-bond donors (Lipinski definition) is 1. The standard InChI is InChI=1S/C19H27N3O3/c1-13(2)21-9-6-14(7-10-21)15-4-5-16(17(12-15)25-3)22-11-8-18(23)20-19(22)24/h4-5,12-14H,6-11H2,1-3H3,(H,20,23,24). The molecule has 2 heterocycles. The number of ether oxygens (including phenoxy) is 1. The number of piperidine rings is 1. The number of hydrogen-bond acceptors (Lipinski definition) is 4. The first-order valence-electron chi connectivity index (χ1n) is 9.03. The number of methoxy groups -OCH3 is 1. The van der Waals surface area contributed by atoms with Gasteiger partial charge >= 0.3 is 6.03 Å². The Balaban J connectivity index is 1.76. The number of imide groups is 1. The van der Waals surface area contributed by atoms with E-state index in [4.69, 9.17) is 4.74 Å². The highest BCUT2D eigenvalue weighted by Crippen LogP contribution is 2.36. The molecular weight excluding hydrogens is 318 g/mol. The third kappa shape index (κ3) is 3.79. The highest BCUT2D eigenvalue weighted by atomic mass is 16.5. The maximum atomic E-state index is 12.1. The second-order valence-electron chi connectivity index (χ2n) is 7.09. The van der Waals surface area contributed by atoms with Gasteiger partial charge in [0.25, 0.3) is 0 Å². The molecule has 2 aliphatic heterocycles. The Kier molecular flexibility index (Phi) is 5.27. The molecule has 2 saturated heterocycles.